The van der Waals surface area contributed by atoms with Crippen LogP contribution in [0.1, 0.15) is 25.0 Å². The number of likely N-dealkylation sites (N-methyl/N-ethyl adjacent to an activating group) is 1. The number of carbonyl (C=O) groups is 2. The maximum Gasteiger partial charge on any atom is 0.264 e. The second-order valence-corrected chi connectivity index (χ2v) is 11.2. The van der Waals surface area contributed by atoms with Crippen LogP contribution in [-0.4, -0.2) is 44.3 Å². The van der Waals surface area contributed by atoms with Crippen molar-refractivity contribution >= 4 is 50.7 Å². The van der Waals surface area contributed by atoms with Gasteiger partial charge in [0.25, 0.3) is 10.0 Å². The molecule has 1 atom stereocenters. The molecule has 0 aliphatic carbocycles. The number of nitrogens with one attached hydrogen (secondary N) is 1. The van der Waals surface area contributed by atoms with Gasteiger partial charge in [-0.1, -0.05) is 53.5 Å². The molecule has 196 valence electrons. The lowest BCUT2D eigenvalue weighted by molar-refractivity contribution is -0.139. The first-order valence-corrected chi connectivity index (χ1v) is 13.9. The monoisotopic (exact) mass is 561 g/mol. The van der Waals surface area contributed by atoms with E-state index >= 15 is 0 Å². The van der Waals surface area contributed by atoms with Gasteiger partial charge in [-0.3, -0.25) is 13.9 Å². The topological polar surface area (TPSA) is 86.8 Å². The summed E-state index contributed by atoms with van der Waals surface area (Å²) in [6, 6.07) is 18.8. The van der Waals surface area contributed by atoms with Gasteiger partial charge in [-0.2, -0.15) is 0 Å². The van der Waals surface area contributed by atoms with Crippen LogP contribution in [0.15, 0.2) is 77.7 Å². The Bertz CT molecular complexity index is 1360. The molecule has 10 heteroatoms. The zero-order chi connectivity index (χ0) is 27.2. The van der Waals surface area contributed by atoms with Crippen LogP contribution in [0.5, 0.6) is 0 Å². The molecule has 0 saturated carbocycles. The smallest absolute Gasteiger partial charge is 0.264 e. The maximum absolute atomic E-state index is 13.8. The van der Waals surface area contributed by atoms with Gasteiger partial charge in [-0.15, -0.1) is 0 Å². The Morgan fingerprint density at radius 2 is 1.62 bits per heavy atom. The van der Waals surface area contributed by atoms with Crippen molar-refractivity contribution in [3.05, 3.63) is 94.0 Å². The molecule has 0 saturated heterocycles. The van der Waals surface area contributed by atoms with Crippen molar-refractivity contribution in [1.82, 2.24) is 10.2 Å². The second-order valence-electron chi connectivity index (χ2n) is 8.47. The Balaban J connectivity index is 2.04. The molecule has 0 fully saturated rings. The quantitative estimate of drug-likeness (QED) is 0.375. The number of sulfonamides is 1. The fraction of sp³-hybridized carbons (Fsp3) is 0.259. The van der Waals surface area contributed by atoms with Crippen LogP contribution in [0.25, 0.3) is 0 Å². The summed E-state index contributed by atoms with van der Waals surface area (Å²) in [6.07, 6.45) is 0. The SMILES string of the molecule is CCNC(=O)[C@@H](C)N(Cc1cccc(Cl)c1)C(=O)CN(c1ccccc1C)S(=O)(=O)c1ccc(Cl)cc1. The summed E-state index contributed by atoms with van der Waals surface area (Å²) in [5.74, 6) is -0.889. The second kappa shape index (κ2) is 12.4. The van der Waals surface area contributed by atoms with Crippen molar-refractivity contribution in [2.75, 3.05) is 17.4 Å². The largest absolute Gasteiger partial charge is 0.355 e. The Hall–Kier alpha value is -3.07. The van der Waals surface area contributed by atoms with E-state index in [1.807, 2.05) is 0 Å². The standard InChI is InChI=1S/C27H29Cl2N3O4S/c1-4-30-27(34)20(3)31(17-21-9-7-10-23(29)16-21)26(33)18-32(25-11-6-5-8-19(25)2)37(35,36)24-14-12-22(28)13-15-24/h5-16,20H,4,17-18H2,1-3H3,(H,30,34)/t20-/m1/s1. The van der Waals surface area contributed by atoms with Gasteiger partial charge >= 0.3 is 0 Å². The fourth-order valence-electron chi connectivity index (χ4n) is 3.83. The minimum Gasteiger partial charge on any atom is -0.355 e. The van der Waals surface area contributed by atoms with Crippen LogP contribution in [0.3, 0.4) is 0 Å². The van der Waals surface area contributed by atoms with Gasteiger partial charge in [0.2, 0.25) is 11.8 Å². The van der Waals surface area contributed by atoms with E-state index in [1.54, 1.807) is 69.3 Å². The third-order valence-electron chi connectivity index (χ3n) is 5.82. The average Bonchev–Trinajstić information content (AvgIpc) is 2.86. The van der Waals surface area contributed by atoms with Gasteiger partial charge < -0.3 is 10.2 Å². The van der Waals surface area contributed by atoms with Gasteiger partial charge in [-0.25, -0.2) is 8.42 Å². The average molecular weight is 563 g/mol. The first-order chi connectivity index (χ1) is 17.5. The summed E-state index contributed by atoms with van der Waals surface area (Å²) in [7, 11) is -4.15. The van der Waals surface area contributed by atoms with Gasteiger partial charge in [0.15, 0.2) is 0 Å². The van der Waals surface area contributed by atoms with E-state index in [9.17, 15) is 18.0 Å². The first-order valence-electron chi connectivity index (χ1n) is 11.7. The summed E-state index contributed by atoms with van der Waals surface area (Å²) >= 11 is 12.1. The summed E-state index contributed by atoms with van der Waals surface area (Å²) in [4.78, 5) is 27.9. The van der Waals surface area contributed by atoms with Crippen molar-refractivity contribution in [3.8, 4) is 0 Å². The molecular formula is C27H29Cl2N3O4S. The number of para-hydroxylation sites is 1. The van der Waals surface area contributed by atoms with E-state index in [-0.39, 0.29) is 17.3 Å². The summed E-state index contributed by atoms with van der Waals surface area (Å²) < 4.78 is 28.6. The Morgan fingerprint density at radius 1 is 0.946 bits per heavy atom. The first kappa shape index (κ1) is 28.5. The summed E-state index contributed by atoms with van der Waals surface area (Å²) in [5, 5.41) is 3.61. The highest BCUT2D eigenvalue weighted by Crippen LogP contribution is 2.28. The van der Waals surface area contributed by atoms with Crippen LogP contribution in [0, 0.1) is 6.92 Å². The lowest BCUT2D eigenvalue weighted by Crippen LogP contribution is -2.51. The lowest BCUT2D eigenvalue weighted by atomic mass is 10.1. The van der Waals surface area contributed by atoms with E-state index in [1.165, 1.54) is 29.2 Å². The van der Waals surface area contributed by atoms with Gasteiger partial charge in [-0.05, 0) is 74.4 Å². The van der Waals surface area contributed by atoms with Gasteiger partial charge in [0, 0.05) is 23.1 Å². The molecule has 0 bridgehead atoms. The highest BCUT2D eigenvalue weighted by atomic mass is 35.5. The highest BCUT2D eigenvalue weighted by Gasteiger charge is 2.33. The van der Waals surface area contributed by atoms with Crippen LogP contribution >= 0.6 is 23.2 Å². The van der Waals surface area contributed by atoms with Gasteiger partial charge in [0.05, 0.1) is 10.6 Å². The number of hydrogen-bond donors (Lipinski definition) is 1. The summed E-state index contributed by atoms with van der Waals surface area (Å²) in [6.45, 7) is 5.11. The Labute approximate surface area is 228 Å². The zero-order valence-electron chi connectivity index (χ0n) is 20.8. The number of amides is 2. The molecule has 0 spiro atoms. The lowest BCUT2D eigenvalue weighted by Gasteiger charge is -2.32. The molecule has 3 aromatic rings. The predicted octanol–water partition coefficient (Wildman–Crippen LogP) is 5.05. The molecule has 0 unspecified atom stereocenters. The Kier molecular flexibility index (Phi) is 9.59. The molecule has 0 aromatic heterocycles. The Morgan fingerprint density at radius 3 is 2.24 bits per heavy atom. The van der Waals surface area contributed by atoms with Crippen molar-refractivity contribution in [2.45, 2.75) is 38.3 Å². The third kappa shape index (κ3) is 7.03. The number of rotatable bonds is 10. The van der Waals surface area contributed by atoms with E-state index in [4.69, 9.17) is 23.2 Å². The van der Waals surface area contributed by atoms with E-state index in [0.29, 0.717) is 33.4 Å². The number of carbonyl (C=O) groups excluding carboxylic acids is 2. The van der Waals surface area contributed by atoms with Crippen LogP contribution < -0.4 is 9.62 Å². The zero-order valence-corrected chi connectivity index (χ0v) is 23.1. The van der Waals surface area contributed by atoms with Crippen LogP contribution in [-0.2, 0) is 26.2 Å². The number of nitrogens with zero attached hydrogens (tertiary/aromatic N) is 2. The molecule has 3 aromatic carbocycles. The number of benzene rings is 3. The third-order valence-corrected chi connectivity index (χ3v) is 8.09. The predicted molar refractivity (Wildman–Crippen MR) is 147 cm³/mol. The minimum absolute atomic E-state index is 0.00822. The molecule has 2 amide bonds. The van der Waals surface area contributed by atoms with Crippen molar-refractivity contribution in [1.29, 1.82) is 0 Å². The summed E-state index contributed by atoms with van der Waals surface area (Å²) in [5.41, 5.74) is 1.74. The minimum atomic E-state index is -4.15. The fourth-order valence-corrected chi connectivity index (χ4v) is 5.64. The molecular weight excluding hydrogens is 533 g/mol. The normalized spacial score (nSPS) is 12.0. The molecule has 0 aliphatic rings. The number of anilines is 1. The number of hydrogen-bond acceptors (Lipinski definition) is 4. The van der Waals surface area contributed by atoms with E-state index in [0.717, 1.165) is 4.31 Å². The van der Waals surface area contributed by atoms with Crippen LogP contribution in [0.4, 0.5) is 5.69 Å². The molecule has 1 N–H and O–H groups in total. The van der Waals surface area contributed by atoms with Gasteiger partial charge in [0.1, 0.15) is 12.6 Å². The van der Waals surface area contributed by atoms with Crippen LogP contribution in [0.2, 0.25) is 10.0 Å². The van der Waals surface area contributed by atoms with Crippen molar-refractivity contribution < 1.29 is 18.0 Å². The van der Waals surface area contributed by atoms with Crippen molar-refractivity contribution in [3.63, 3.8) is 0 Å². The molecule has 3 rings (SSSR count). The molecule has 0 radical (unpaired) electrons. The maximum atomic E-state index is 13.8. The molecule has 0 heterocycles. The number of halogens is 2. The van der Waals surface area contributed by atoms with E-state index in [2.05, 4.69) is 5.32 Å². The van der Waals surface area contributed by atoms with E-state index < -0.39 is 28.5 Å². The molecule has 0 aliphatic heterocycles. The number of aryl methyl sites for hydroxylation is 1. The highest BCUT2D eigenvalue weighted by molar-refractivity contribution is 7.92. The molecule has 37 heavy (non-hydrogen) atoms. The molecule has 7 nitrogen and oxygen atoms in total. The van der Waals surface area contributed by atoms with Crippen molar-refractivity contribution in [2.24, 2.45) is 0 Å².